The Labute approximate surface area is 122 Å². The van der Waals surface area contributed by atoms with Crippen LogP contribution < -0.4 is 5.32 Å². The van der Waals surface area contributed by atoms with Crippen molar-refractivity contribution in [2.45, 2.75) is 32.2 Å². The van der Waals surface area contributed by atoms with Gasteiger partial charge in [0.1, 0.15) is 0 Å². The molecule has 1 aromatic carbocycles. The van der Waals surface area contributed by atoms with E-state index < -0.39 is 17.5 Å². The first-order valence-corrected chi connectivity index (χ1v) is 8.23. The largest absolute Gasteiger partial charge is 0.310 e. The SMILES string of the molecule is CCNC(CC1CCSCC1)c1ccc(F)c(F)c1F. The van der Waals surface area contributed by atoms with Crippen LogP contribution in [-0.4, -0.2) is 18.1 Å². The van der Waals surface area contributed by atoms with E-state index in [2.05, 4.69) is 5.32 Å². The van der Waals surface area contributed by atoms with E-state index in [4.69, 9.17) is 0 Å². The molecule has 1 N–H and O–H groups in total. The van der Waals surface area contributed by atoms with Crippen molar-refractivity contribution in [1.82, 2.24) is 5.32 Å². The van der Waals surface area contributed by atoms with Gasteiger partial charge in [-0.15, -0.1) is 0 Å². The molecule has 1 atom stereocenters. The molecule has 0 amide bonds. The molecular formula is C15H20F3NS. The van der Waals surface area contributed by atoms with Crippen LogP contribution in [0.5, 0.6) is 0 Å². The van der Waals surface area contributed by atoms with E-state index in [0.29, 0.717) is 12.5 Å². The van der Waals surface area contributed by atoms with Crippen molar-refractivity contribution in [3.8, 4) is 0 Å². The van der Waals surface area contributed by atoms with E-state index in [1.807, 2.05) is 18.7 Å². The van der Waals surface area contributed by atoms with E-state index in [1.165, 1.54) is 6.07 Å². The Balaban J connectivity index is 2.17. The predicted molar refractivity (Wildman–Crippen MR) is 77.4 cm³/mol. The van der Waals surface area contributed by atoms with E-state index in [9.17, 15) is 13.2 Å². The highest BCUT2D eigenvalue weighted by Gasteiger charge is 2.24. The van der Waals surface area contributed by atoms with Crippen molar-refractivity contribution in [2.75, 3.05) is 18.1 Å². The second-order valence-electron chi connectivity index (χ2n) is 5.17. The summed E-state index contributed by atoms with van der Waals surface area (Å²) in [5.41, 5.74) is 0.240. The van der Waals surface area contributed by atoms with Crippen LogP contribution in [0.25, 0.3) is 0 Å². The van der Waals surface area contributed by atoms with E-state index in [0.717, 1.165) is 36.8 Å². The highest BCUT2D eigenvalue weighted by atomic mass is 32.2. The first-order chi connectivity index (χ1) is 9.63. The zero-order valence-electron chi connectivity index (χ0n) is 11.6. The van der Waals surface area contributed by atoms with Gasteiger partial charge in [-0.1, -0.05) is 13.0 Å². The normalized spacial score (nSPS) is 18.2. The smallest absolute Gasteiger partial charge is 0.194 e. The van der Waals surface area contributed by atoms with Gasteiger partial charge in [-0.2, -0.15) is 11.8 Å². The monoisotopic (exact) mass is 303 g/mol. The van der Waals surface area contributed by atoms with Gasteiger partial charge in [0.2, 0.25) is 0 Å². The van der Waals surface area contributed by atoms with Gasteiger partial charge in [0.25, 0.3) is 0 Å². The topological polar surface area (TPSA) is 12.0 Å². The van der Waals surface area contributed by atoms with Crippen molar-refractivity contribution in [3.05, 3.63) is 35.1 Å². The fraction of sp³-hybridized carbons (Fsp3) is 0.600. The Bertz CT molecular complexity index is 447. The average molecular weight is 303 g/mol. The molecule has 112 valence electrons. The molecule has 1 heterocycles. The van der Waals surface area contributed by atoms with Crippen LogP contribution in [0.15, 0.2) is 12.1 Å². The molecule has 1 aromatic rings. The number of thioether (sulfide) groups is 1. The number of hydrogen-bond donors (Lipinski definition) is 1. The Morgan fingerprint density at radius 3 is 2.55 bits per heavy atom. The lowest BCUT2D eigenvalue weighted by Crippen LogP contribution is -2.26. The van der Waals surface area contributed by atoms with Crippen molar-refractivity contribution >= 4 is 11.8 Å². The molecule has 5 heteroatoms. The van der Waals surface area contributed by atoms with E-state index in [1.54, 1.807) is 0 Å². The summed E-state index contributed by atoms with van der Waals surface area (Å²) in [6.45, 7) is 2.60. The van der Waals surface area contributed by atoms with Crippen molar-refractivity contribution in [1.29, 1.82) is 0 Å². The molecule has 0 aliphatic carbocycles. The maximum Gasteiger partial charge on any atom is 0.194 e. The van der Waals surface area contributed by atoms with Crippen molar-refractivity contribution in [2.24, 2.45) is 5.92 Å². The molecule has 0 bridgehead atoms. The van der Waals surface area contributed by atoms with Crippen LogP contribution in [0.2, 0.25) is 0 Å². The van der Waals surface area contributed by atoms with Gasteiger partial charge in [0, 0.05) is 11.6 Å². The Kier molecular flexibility index (Phi) is 5.78. The number of rotatable bonds is 5. The molecule has 1 fully saturated rings. The van der Waals surface area contributed by atoms with Crippen LogP contribution in [0.1, 0.15) is 37.8 Å². The third kappa shape index (κ3) is 3.70. The molecule has 1 saturated heterocycles. The standard InChI is InChI=1S/C15H20F3NS/c1-2-19-13(9-10-5-7-20-8-6-10)11-3-4-12(16)15(18)14(11)17/h3-4,10,13,19H,2,5-9H2,1H3. The lowest BCUT2D eigenvalue weighted by Gasteiger charge is -2.27. The minimum absolute atomic E-state index is 0.240. The summed E-state index contributed by atoms with van der Waals surface area (Å²) < 4.78 is 40.3. The number of nitrogens with one attached hydrogen (secondary N) is 1. The molecule has 1 unspecified atom stereocenters. The third-order valence-corrected chi connectivity index (χ3v) is 4.85. The highest BCUT2D eigenvalue weighted by molar-refractivity contribution is 7.99. The minimum Gasteiger partial charge on any atom is -0.310 e. The number of benzene rings is 1. The average Bonchev–Trinajstić information content (AvgIpc) is 2.46. The van der Waals surface area contributed by atoms with Gasteiger partial charge in [0.15, 0.2) is 17.5 Å². The van der Waals surface area contributed by atoms with Gasteiger partial charge in [-0.3, -0.25) is 0 Å². The van der Waals surface area contributed by atoms with Gasteiger partial charge >= 0.3 is 0 Å². The fourth-order valence-electron chi connectivity index (χ4n) is 2.69. The Morgan fingerprint density at radius 1 is 1.20 bits per heavy atom. The summed E-state index contributed by atoms with van der Waals surface area (Å²) >= 11 is 1.94. The van der Waals surface area contributed by atoms with Crippen LogP contribution in [-0.2, 0) is 0 Å². The highest BCUT2D eigenvalue weighted by Crippen LogP contribution is 2.32. The summed E-state index contributed by atoms with van der Waals surface area (Å²) in [4.78, 5) is 0. The fourth-order valence-corrected chi connectivity index (χ4v) is 3.90. The summed E-state index contributed by atoms with van der Waals surface area (Å²) in [6.07, 6.45) is 2.99. The maximum absolute atomic E-state index is 13.9. The molecule has 0 saturated carbocycles. The molecule has 1 aliphatic rings. The molecular weight excluding hydrogens is 283 g/mol. The first-order valence-electron chi connectivity index (χ1n) is 7.08. The first kappa shape index (κ1) is 15.7. The summed E-state index contributed by atoms with van der Waals surface area (Å²) in [5, 5.41) is 3.20. The van der Waals surface area contributed by atoms with Crippen molar-refractivity contribution < 1.29 is 13.2 Å². The lowest BCUT2D eigenvalue weighted by atomic mass is 9.90. The van der Waals surface area contributed by atoms with E-state index in [-0.39, 0.29) is 11.6 Å². The molecule has 2 rings (SSSR count). The summed E-state index contributed by atoms with van der Waals surface area (Å²) in [6, 6.07) is 2.12. The molecule has 1 nitrogen and oxygen atoms in total. The molecule has 0 aromatic heterocycles. The van der Waals surface area contributed by atoms with E-state index >= 15 is 0 Å². The third-order valence-electron chi connectivity index (χ3n) is 3.80. The lowest BCUT2D eigenvalue weighted by molar-refractivity contribution is 0.358. The van der Waals surface area contributed by atoms with Crippen LogP contribution in [0.4, 0.5) is 13.2 Å². The second-order valence-corrected chi connectivity index (χ2v) is 6.39. The second kappa shape index (κ2) is 7.36. The van der Waals surface area contributed by atoms with Crippen LogP contribution in [0, 0.1) is 23.4 Å². The molecule has 1 aliphatic heterocycles. The van der Waals surface area contributed by atoms with Gasteiger partial charge in [0.05, 0.1) is 0 Å². The Hall–Kier alpha value is -0.680. The number of halogens is 3. The quantitative estimate of drug-likeness (QED) is 0.815. The zero-order valence-corrected chi connectivity index (χ0v) is 12.4. The minimum atomic E-state index is -1.37. The van der Waals surface area contributed by atoms with Crippen molar-refractivity contribution in [3.63, 3.8) is 0 Å². The molecule has 20 heavy (non-hydrogen) atoms. The van der Waals surface area contributed by atoms with Crippen LogP contribution in [0.3, 0.4) is 0 Å². The maximum atomic E-state index is 13.9. The van der Waals surface area contributed by atoms with Gasteiger partial charge in [-0.05, 0) is 49.3 Å². The predicted octanol–water partition coefficient (Wildman–Crippen LogP) is 4.29. The summed E-state index contributed by atoms with van der Waals surface area (Å²) in [7, 11) is 0. The molecule has 0 spiro atoms. The van der Waals surface area contributed by atoms with Crippen LogP contribution >= 0.6 is 11.8 Å². The number of hydrogen-bond acceptors (Lipinski definition) is 2. The molecule has 0 radical (unpaired) electrons. The van der Waals surface area contributed by atoms with Gasteiger partial charge < -0.3 is 5.32 Å². The Morgan fingerprint density at radius 2 is 1.90 bits per heavy atom. The van der Waals surface area contributed by atoms with Gasteiger partial charge in [-0.25, -0.2) is 13.2 Å². The summed E-state index contributed by atoms with van der Waals surface area (Å²) in [5.74, 6) is -0.776. The zero-order chi connectivity index (χ0) is 14.5.